The second-order valence-electron chi connectivity index (χ2n) is 4.41. The molecule has 0 aliphatic rings. The van der Waals surface area contributed by atoms with Gasteiger partial charge in [-0.2, -0.15) is 0 Å². The van der Waals surface area contributed by atoms with Gasteiger partial charge in [0.05, 0.1) is 0 Å². The van der Waals surface area contributed by atoms with Crippen LogP contribution in [0.4, 0.5) is 0 Å². The van der Waals surface area contributed by atoms with E-state index in [9.17, 15) is 14.7 Å². The molecule has 0 atom stereocenters. The first-order chi connectivity index (χ1) is 10.1. The van der Waals surface area contributed by atoms with Crippen LogP contribution in [0.15, 0.2) is 60.4 Å². The normalized spacial score (nSPS) is 11.0. The molecule has 0 radical (unpaired) electrons. The molecular weight excluding hydrogens is 268 g/mol. The van der Waals surface area contributed by atoms with Crippen molar-refractivity contribution < 1.29 is 19.4 Å². The third kappa shape index (κ3) is 4.04. The lowest BCUT2D eigenvalue weighted by Crippen LogP contribution is -2.07. The van der Waals surface area contributed by atoms with Crippen LogP contribution in [0, 0.1) is 0 Å². The minimum absolute atomic E-state index is 0.0375. The molecule has 0 saturated heterocycles. The lowest BCUT2D eigenvalue weighted by Gasteiger charge is -2.06. The van der Waals surface area contributed by atoms with Gasteiger partial charge < -0.3 is 9.84 Å². The summed E-state index contributed by atoms with van der Waals surface area (Å²) >= 11 is 0. The summed E-state index contributed by atoms with van der Waals surface area (Å²) in [5, 5.41) is 9.19. The van der Waals surface area contributed by atoms with Gasteiger partial charge in [-0.25, -0.2) is 4.79 Å². The molecule has 0 unspecified atom stereocenters. The Bertz CT molecular complexity index is 670. The Morgan fingerprint density at radius 2 is 1.62 bits per heavy atom. The van der Waals surface area contributed by atoms with E-state index in [1.165, 1.54) is 13.0 Å². The molecule has 0 heterocycles. The molecule has 2 aromatic rings. The molecule has 0 amide bonds. The van der Waals surface area contributed by atoms with E-state index in [-0.39, 0.29) is 11.5 Å². The molecule has 0 aromatic heterocycles. The van der Waals surface area contributed by atoms with E-state index in [2.05, 4.69) is 0 Å². The number of carboxylic acid groups (broad SMARTS) is 1. The highest BCUT2D eigenvalue weighted by molar-refractivity contribution is 5.94. The van der Waals surface area contributed by atoms with Crippen LogP contribution in [0.3, 0.4) is 0 Å². The maximum absolute atomic E-state index is 11.2. The predicted octanol–water partition coefficient (Wildman–Crippen LogP) is 3.39. The first kappa shape index (κ1) is 14.5. The van der Waals surface area contributed by atoms with Crippen LogP contribution in [-0.4, -0.2) is 16.9 Å². The Hall–Kier alpha value is -2.88. The summed E-state index contributed by atoms with van der Waals surface area (Å²) in [5.74, 6) is -0.928. The highest BCUT2D eigenvalue weighted by Crippen LogP contribution is 2.16. The molecule has 4 heteroatoms. The summed E-state index contributed by atoms with van der Waals surface area (Å²) in [6, 6.07) is 15.3. The van der Waals surface area contributed by atoms with Crippen molar-refractivity contribution in [2.45, 2.75) is 6.92 Å². The SMILES string of the molecule is CC(=O)c1ccc(C=C(Oc2ccccc2)C(=O)O)cc1. The van der Waals surface area contributed by atoms with Crippen LogP contribution in [0.5, 0.6) is 5.75 Å². The van der Waals surface area contributed by atoms with Crippen molar-refractivity contribution in [1.82, 2.24) is 0 Å². The van der Waals surface area contributed by atoms with Crippen molar-refractivity contribution in [3.05, 3.63) is 71.5 Å². The maximum atomic E-state index is 11.2. The fraction of sp³-hybridized carbons (Fsp3) is 0.0588. The molecule has 0 fully saturated rings. The number of para-hydroxylation sites is 1. The third-order valence-corrected chi connectivity index (χ3v) is 2.80. The first-order valence-corrected chi connectivity index (χ1v) is 6.35. The number of aliphatic carboxylic acids is 1. The van der Waals surface area contributed by atoms with Gasteiger partial charge >= 0.3 is 5.97 Å². The monoisotopic (exact) mass is 282 g/mol. The number of Topliss-reactive ketones (excluding diaryl/α,β-unsaturated/α-hetero) is 1. The van der Waals surface area contributed by atoms with Gasteiger partial charge in [0.25, 0.3) is 0 Å². The van der Waals surface area contributed by atoms with Gasteiger partial charge in [0.1, 0.15) is 5.75 Å². The summed E-state index contributed by atoms with van der Waals surface area (Å²) in [6.07, 6.45) is 1.42. The predicted molar refractivity (Wildman–Crippen MR) is 79.1 cm³/mol. The van der Waals surface area contributed by atoms with Crippen LogP contribution >= 0.6 is 0 Å². The van der Waals surface area contributed by atoms with Gasteiger partial charge in [-0.05, 0) is 30.7 Å². The van der Waals surface area contributed by atoms with Crippen molar-refractivity contribution in [2.75, 3.05) is 0 Å². The van der Waals surface area contributed by atoms with E-state index in [0.717, 1.165) is 0 Å². The number of carbonyl (C=O) groups excluding carboxylic acids is 1. The van der Waals surface area contributed by atoms with Crippen molar-refractivity contribution in [3.63, 3.8) is 0 Å². The summed E-state index contributed by atoms with van der Waals surface area (Å²) in [4.78, 5) is 22.4. The molecule has 2 rings (SSSR count). The van der Waals surface area contributed by atoms with Crippen LogP contribution in [0.2, 0.25) is 0 Å². The number of carbonyl (C=O) groups is 2. The number of benzene rings is 2. The Kier molecular flexibility index (Phi) is 4.51. The van der Waals surface area contributed by atoms with Crippen LogP contribution in [0.1, 0.15) is 22.8 Å². The molecule has 2 aromatic carbocycles. The lowest BCUT2D eigenvalue weighted by atomic mass is 10.1. The largest absolute Gasteiger partial charge is 0.475 e. The van der Waals surface area contributed by atoms with Gasteiger partial charge in [0, 0.05) is 5.56 Å². The molecular formula is C17H14O4. The van der Waals surface area contributed by atoms with Gasteiger partial charge in [0.2, 0.25) is 5.76 Å². The van der Waals surface area contributed by atoms with E-state index < -0.39 is 5.97 Å². The van der Waals surface area contributed by atoms with Crippen molar-refractivity contribution >= 4 is 17.8 Å². The van der Waals surface area contributed by atoms with Crippen molar-refractivity contribution in [2.24, 2.45) is 0 Å². The van der Waals surface area contributed by atoms with E-state index >= 15 is 0 Å². The standard InChI is InChI=1S/C17H14O4/c1-12(18)14-9-7-13(8-10-14)11-16(17(19)20)21-15-5-3-2-4-6-15/h2-11H,1H3,(H,19,20). The van der Waals surface area contributed by atoms with Gasteiger partial charge in [0.15, 0.2) is 5.78 Å². The van der Waals surface area contributed by atoms with E-state index in [1.807, 2.05) is 6.07 Å². The Labute approximate surface area is 122 Å². The zero-order valence-corrected chi connectivity index (χ0v) is 11.4. The molecule has 4 nitrogen and oxygen atoms in total. The molecule has 0 spiro atoms. The fourth-order valence-corrected chi connectivity index (χ4v) is 1.72. The van der Waals surface area contributed by atoms with Crippen LogP contribution in [0.25, 0.3) is 6.08 Å². The van der Waals surface area contributed by atoms with E-state index in [1.54, 1.807) is 48.5 Å². The minimum atomic E-state index is -1.16. The number of carboxylic acids is 1. The van der Waals surface area contributed by atoms with Gasteiger partial charge in [-0.15, -0.1) is 0 Å². The summed E-state index contributed by atoms with van der Waals surface area (Å²) in [5.41, 5.74) is 1.22. The van der Waals surface area contributed by atoms with E-state index in [0.29, 0.717) is 16.9 Å². The quantitative estimate of drug-likeness (QED) is 0.518. The molecule has 0 aliphatic heterocycles. The molecule has 0 bridgehead atoms. The van der Waals surface area contributed by atoms with Gasteiger partial charge in [-0.3, -0.25) is 4.79 Å². The average molecular weight is 282 g/mol. The Morgan fingerprint density at radius 3 is 2.14 bits per heavy atom. The Balaban J connectivity index is 2.25. The van der Waals surface area contributed by atoms with Crippen LogP contribution in [-0.2, 0) is 4.79 Å². The second-order valence-corrected chi connectivity index (χ2v) is 4.41. The van der Waals surface area contributed by atoms with Crippen LogP contribution < -0.4 is 4.74 Å². The van der Waals surface area contributed by atoms with Gasteiger partial charge in [-0.1, -0.05) is 42.5 Å². The molecule has 106 valence electrons. The summed E-state index contributed by atoms with van der Waals surface area (Å²) in [7, 11) is 0. The van der Waals surface area contributed by atoms with Crippen molar-refractivity contribution in [3.8, 4) is 5.75 Å². The minimum Gasteiger partial charge on any atom is -0.475 e. The summed E-state index contributed by atoms with van der Waals surface area (Å²) in [6.45, 7) is 1.48. The molecule has 0 aliphatic carbocycles. The number of ether oxygens (including phenoxy) is 1. The number of rotatable bonds is 5. The average Bonchev–Trinajstić information content (AvgIpc) is 2.48. The second kappa shape index (κ2) is 6.52. The summed E-state index contributed by atoms with van der Waals surface area (Å²) < 4.78 is 5.35. The smallest absolute Gasteiger partial charge is 0.371 e. The number of ketones is 1. The lowest BCUT2D eigenvalue weighted by molar-refractivity contribution is -0.134. The fourth-order valence-electron chi connectivity index (χ4n) is 1.72. The first-order valence-electron chi connectivity index (χ1n) is 6.35. The highest BCUT2D eigenvalue weighted by Gasteiger charge is 2.10. The zero-order valence-electron chi connectivity index (χ0n) is 11.4. The van der Waals surface area contributed by atoms with E-state index in [4.69, 9.17) is 4.74 Å². The molecule has 0 saturated carbocycles. The topological polar surface area (TPSA) is 63.6 Å². The number of hydrogen-bond donors (Lipinski definition) is 1. The third-order valence-electron chi connectivity index (χ3n) is 2.80. The van der Waals surface area contributed by atoms with Crippen molar-refractivity contribution in [1.29, 1.82) is 0 Å². The molecule has 21 heavy (non-hydrogen) atoms. The maximum Gasteiger partial charge on any atom is 0.371 e. The molecule has 1 N–H and O–H groups in total. The Morgan fingerprint density at radius 1 is 1.00 bits per heavy atom. The number of hydrogen-bond acceptors (Lipinski definition) is 3. The zero-order chi connectivity index (χ0) is 15.2. The highest BCUT2D eigenvalue weighted by atomic mass is 16.5.